The third-order valence-corrected chi connectivity index (χ3v) is 2.10. The first kappa shape index (κ1) is 8.11. The number of nitrogens with zero attached hydrogens (tertiary/aromatic N) is 1. The van der Waals surface area contributed by atoms with E-state index in [1.165, 1.54) is 5.57 Å². The van der Waals surface area contributed by atoms with Crippen LogP contribution >= 0.6 is 0 Å². The zero-order valence-corrected chi connectivity index (χ0v) is 7.13. The number of hydrogen-bond donors (Lipinski definition) is 0. The van der Waals surface area contributed by atoms with Gasteiger partial charge in [0.1, 0.15) is 6.61 Å². The first-order valence-corrected chi connectivity index (χ1v) is 3.69. The van der Waals surface area contributed by atoms with E-state index in [1.54, 1.807) is 11.9 Å². The van der Waals surface area contributed by atoms with E-state index in [0.29, 0.717) is 6.61 Å². The Labute approximate surface area is 66.6 Å². The van der Waals surface area contributed by atoms with Crippen LogP contribution in [0.15, 0.2) is 11.6 Å². The van der Waals surface area contributed by atoms with E-state index in [1.807, 2.05) is 19.9 Å². The van der Waals surface area contributed by atoms with Gasteiger partial charge in [-0.05, 0) is 13.8 Å². The summed E-state index contributed by atoms with van der Waals surface area (Å²) in [7, 11) is 1.76. The normalized spacial score (nSPS) is 25.7. The van der Waals surface area contributed by atoms with E-state index in [2.05, 4.69) is 0 Å². The van der Waals surface area contributed by atoms with Crippen molar-refractivity contribution in [3.8, 4) is 0 Å². The first-order chi connectivity index (χ1) is 5.16. The highest BCUT2D eigenvalue weighted by molar-refractivity contribution is 5.70. The number of likely N-dealkylation sites (N-methyl/N-ethyl adjacent to an activating group) is 1. The zero-order valence-electron chi connectivity index (χ0n) is 7.13. The highest BCUT2D eigenvalue weighted by Crippen LogP contribution is 2.16. The number of ether oxygens (including phenoxy) is 1. The predicted molar refractivity (Wildman–Crippen MR) is 42.3 cm³/mol. The molecule has 3 nitrogen and oxygen atoms in total. The summed E-state index contributed by atoms with van der Waals surface area (Å²) >= 11 is 0. The number of carbonyl (C=O) groups excluding carboxylic acids is 1. The molecule has 11 heavy (non-hydrogen) atoms. The molecule has 1 aliphatic rings. The molecule has 1 atom stereocenters. The van der Waals surface area contributed by atoms with Crippen LogP contribution in [0.1, 0.15) is 13.8 Å². The van der Waals surface area contributed by atoms with Gasteiger partial charge < -0.3 is 9.64 Å². The molecule has 62 valence electrons. The van der Waals surface area contributed by atoms with E-state index in [4.69, 9.17) is 4.74 Å². The highest BCUT2D eigenvalue weighted by atomic mass is 16.6. The second kappa shape index (κ2) is 2.95. The monoisotopic (exact) mass is 155 g/mol. The number of allylic oxidation sites excluding steroid dienone is 1. The molecule has 1 aliphatic heterocycles. The Morgan fingerprint density at radius 2 is 2.45 bits per heavy atom. The second-order valence-corrected chi connectivity index (χ2v) is 2.74. The molecule has 1 fully saturated rings. The first-order valence-electron chi connectivity index (χ1n) is 3.69. The average molecular weight is 155 g/mol. The maximum Gasteiger partial charge on any atom is 0.410 e. The highest BCUT2D eigenvalue weighted by Gasteiger charge is 2.29. The van der Waals surface area contributed by atoms with Crippen molar-refractivity contribution >= 4 is 6.09 Å². The average Bonchev–Trinajstić information content (AvgIpc) is 2.32. The van der Waals surface area contributed by atoms with Gasteiger partial charge in [0.15, 0.2) is 0 Å². The maximum absolute atomic E-state index is 10.9. The van der Waals surface area contributed by atoms with Crippen molar-refractivity contribution < 1.29 is 9.53 Å². The summed E-state index contributed by atoms with van der Waals surface area (Å²) in [4.78, 5) is 12.5. The van der Waals surface area contributed by atoms with Gasteiger partial charge in [-0.25, -0.2) is 4.79 Å². The fraction of sp³-hybridized carbons (Fsp3) is 0.625. The van der Waals surface area contributed by atoms with E-state index in [-0.39, 0.29) is 12.1 Å². The fourth-order valence-electron chi connectivity index (χ4n) is 1.12. The van der Waals surface area contributed by atoms with Gasteiger partial charge in [0.2, 0.25) is 0 Å². The molecule has 0 aromatic rings. The number of cyclic esters (lactones) is 1. The minimum absolute atomic E-state index is 0.146. The van der Waals surface area contributed by atoms with Crippen LogP contribution in [0, 0.1) is 0 Å². The Morgan fingerprint density at radius 1 is 1.82 bits per heavy atom. The summed E-state index contributed by atoms with van der Waals surface area (Å²) in [5, 5.41) is 0. The van der Waals surface area contributed by atoms with Crippen LogP contribution in [-0.4, -0.2) is 30.7 Å². The van der Waals surface area contributed by atoms with Crippen LogP contribution < -0.4 is 0 Å². The predicted octanol–water partition coefficient (Wildman–Crippen LogP) is 1.40. The van der Waals surface area contributed by atoms with Crippen molar-refractivity contribution in [1.82, 2.24) is 4.90 Å². The van der Waals surface area contributed by atoms with Crippen molar-refractivity contribution in [3.63, 3.8) is 0 Å². The summed E-state index contributed by atoms with van der Waals surface area (Å²) in [6, 6.07) is 0.146. The summed E-state index contributed by atoms with van der Waals surface area (Å²) in [5.41, 5.74) is 1.18. The zero-order chi connectivity index (χ0) is 8.43. The minimum atomic E-state index is -0.226. The Morgan fingerprint density at radius 3 is 2.82 bits per heavy atom. The molecule has 0 aromatic heterocycles. The summed E-state index contributed by atoms with van der Waals surface area (Å²) < 4.78 is 4.85. The molecule has 0 aromatic carbocycles. The van der Waals surface area contributed by atoms with Gasteiger partial charge in [0.25, 0.3) is 0 Å². The Bertz CT molecular complexity index is 198. The summed E-state index contributed by atoms with van der Waals surface area (Å²) in [5.74, 6) is 0. The lowest BCUT2D eigenvalue weighted by Gasteiger charge is -2.15. The number of rotatable bonds is 1. The molecule has 1 unspecified atom stereocenters. The van der Waals surface area contributed by atoms with Crippen molar-refractivity contribution in [1.29, 1.82) is 0 Å². The summed E-state index contributed by atoms with van der Waals surface area (Å²) in [6.45, 7) is 4.46. The molecule has 1 saturated heterocycles. The molecule has 1 rings (SSSR count). The SMILES string of the molecule is CC=C(C)C1COC(=O)N1C. The van der Waals surface area contributed by atoms with Gasteiger partial charge in [0, 0.05) is 7.05 Å². The Hall–Kier alpha value is -0.990. The van der Waals surface area contributed by atoms with Crippen LogP contribution in [0.5, 0.6) is 0 Å². The second-order valence-electron chi connectivity index (χ2n) is 2.74. The smallest absolute Gasteiger partial charge is 0.410 e. The molecule has 0 spiro atoms. The Balaban J connectivity index is 2.69. The number of hydrogen-bond acceptors (Lipinski definition) is 2. The molecule has 1 heterocycles. The number of amides is 1. The third kappa shape index (κ3) is 1.37. The van der Waals surface area contributed by atoms with Crippen LogP contribution in [0.3, 0.4) is 0 Å². The van der Waals surface area contributed by atoms with E-state index < -0.39 is 0 Å². The standard InChI is InChI=1S/C8H13NO2/c1-4-6(2)7-5-11-8(10)9(7)3/h4,7H,5H2,1-3H3. The van der Waals surface area contributed by atoms with Crippen molar-refractivity contribution in [3.05, 3.63) is 11.6 Å². The molecule has 0 N–H and O–H groups in total. The van der Waals surface area contributed by atoms with Crippen LogP contribution in [0.25, 0.3) is 0 Å². The van der Waals surface area contributed by atoms with Crippen LogP contribution in [0.2, 0.25) is 0 Å². The van der Waals surface area contributed by atoms with Crippen LogP contribution in [0.4, 0.5) is 4.79 Å². The van der Waals surface area contributed by atoms with Gasteiger partial charge in [0.05, 0.1) is 6.04 Å². The molecule has 0 aliphatic carbocycles. The quantitative estimate of drug-likeness (QED) is 0.536. The molecular formula is C8H13NO2. The lowest BCUT2D eigenvalue weighted by molar-refractivity contribution is 0.163. The van der Waals surface area contributed by atoms with Crippen molar-refractivity contribution in [2.45, 2.75) is 19.9 Å². The van der Waals surface area contributed by atoms with Gasteiger partial charge in [-0.1, -0.05) is 11.6 Å². The molecule has 0 saturated carbocycles. The summed E-state index contributed by atoms with van der Waals surface area (Å²) in [6.07, 6.45) is 1.78. The topological polar surface area (TPSA) is 29.5 Å². The van der Waals surface area contributed by atoms with Gasteiger partial charge in [-0.2, -0.15) is 0 Å². The maximum atomic E-state index is 10.9. The van der Waals surface area contributed by atoms with E-state index in [9.17, 15) is 4.79 Å². The van der Waals surface area contributed by atoms with Gasteiger partial charge in [-0.15, -0.1) is 0 Å². The lowest BCUT2D eigenvalue weighted by Crippen LogP contribution is -2.29. The molecule has 3 heteroatoms. The van der Waals surface area contributed by atoms with Crippen LogP contribution in [-0.2, 0) is 4.74 Å². The number of carbonyl (C=O) groups is 1. The fourth-order valence-corrected chi connectivity index (χ4v) is 1.12. The van der Waals surface area contributed by atoms with Gasteiger partial charge >= 0.3 is 6.09 Å². The molecule has 0 radical (unpaired) electrons. The molecular weight excluding hydrogens is 142 g/mol. The lowest BCUT2D eigenvalue weighted by atomic mass is 10.1. The third-order valence-electron chi connectivity index (χ3n) is 2.10. The largest absolute Gasteiger partial charge is 0.447 e. The van der Waals surface area contributed by atoms with E-state index >= 15 is 0 Å². The minimum Gasteiger partial charge on any atom is -0.447 e. The van der Waals surface area contributed by atoms with E-state index in [0.717, 1.165) is 0 Å². The van der Waals surface area contributed by atoms with Crippen molar-refractivity contribution in [2.75, 3.05) is 13.7 Å². The molecule has 1 amide bonds. The van der Waals surface area contributed by atoms with Gasteiger partial charge in [-0.3, -0.25) is 0 Å². The van der Waals surface area contributed by atoms with Crippen molar-refractivity contribution in [2.24, 2.45) is 0 Å². The Kier molecular flexibility index (Phi) is 2.17. The molecule has 0 bridgehead atoms.